The molecule has 0 unspecified atom stereocenters. The maximum Gasteiger partial charge on any atom is 0.255 e. The van der Waals surface area contributed by atoms with Gasteiger partial charge in [-0.25, -0.2) is 0 Å². The van der Waals surface area contributed by atoms with Crippen molar-refractivity contribution in [1.82, 2.24) is 0 Å². The Morgan fingerprint density at radius 1 is 0.885 bits per heavy atom. The van der Waals surface area contributed by atoms with Crippen LogP contribution in [-0.2, 0) is 6.61 Å². The van der Waals surface area contributed by atoms with Crippen molar-refractivity contribution in [3.63, 3.8) is 0 Å². The molecule has 0 bridgehead atoms. The highest BCUT2D eigenvalue weighted by Crippen LogP contribution is 2.34. The van der Waals surface area contributed by atoms with Crippen LogP contribution in [0.3, 0.4) is 0 Å². The van der Waals surface area contributed by atoms with Gasteiger partial charge in [-0.15, -0.1) is 0 Å². The summed E-state index contributed by atoms with van der Waals surface area (Å²) >= 11 is 18.0. The van der Waals surface area contributed by atoms with E-state index >= 15 is 0 Å². The van der Waals surface area contributed by atoms with Crippen LogP contribution in [-0.4, -0.2) is 5.91 Å². The standard InChI is InChI=1S/C20H14Cl3NO2/c21-15-10-17(22)19(18(23)11-15)24-20(25)14-6-8-16(9-7-14)26-12-13-4-2-1-3-5-13/h1-11H,12H2,(H,24,25). The van der Waals surface area contributed by atoms with Gasteiger partial charge in [-0.3, -0.25) is 4.79 Å². The highest BCUT2D eigenvalue weighted by molar-refractivity contribution is 6.42. The van der Waals surface area contributed by atoms with Crippen molar-refractivity contribution in [2.45, 2.75) is 6.61 Å². The zero-order chi connectivity index (χ0) is 18.5. The second-order valence-corrected chi connectivity index (χ2v) is 6.75. The third-order valence-corrected chi connectivity index (χ3v) is 4.42. The summed E-state index contributed by atoms with van der Waals surface area (Å²) in [4.78, 5) is 12.4. The van der Waals surface area contributed by atoms with Crippen molar-refractivity contribution in [3.8, 4) is 5.75 Å². The molecule has 0 radical (unpaired) electrons. The number of rotatable bonds is 5. The fourth-order valence-electron chi connectivity index (χ4n) is 2.29. The van der Waals surface area contributed by atoms with Crippen LogP contribution >= 0.6 is 34.8 Å². The smallest absolute Gasteiger partial charge is 0.255 e. The van der Waals surface area contributed by atoms with E-state index in [0.29, 0.717) is 28.6 Å². The summed E-state index contributed by atoms with van der Waals surface area (Å²) in [5.41, 5.74) is 1.85. The lowest BCUT2D eigenvalue weighted by Gasteiger charge is -2.11. The average Bonchev–Trinajstić information content (AvgIpc) is 2.64. The van der Waals surface area contributed by atoms with Crippen LogP contribution < -0.4 is 10.1 Å². The van der Waals surface area contributed by atoms with Gasteiger partial charge >= 0.3 is 0 Å². The Bertz CT molecular complexity index is 889. The third-order valence-electron chi connectivity index (χ3n) is 3.61. The molecule has 1 N–H and O–H groups in total. The first-order valence-electron chi connectivity index (χ1n) is 7.75. The normalized spacial score (nSPS) is 10.4. The fourth-order valence-corrected chi connectivity index (χ4v) is 3.20. The molecule has 0 spiro atoms. The van der Waals surface area contributed by atoms with E-state index in [2.05, 4.69) is 5.32 Å². The Morgan fingerprint density at radius 3 is 2.12 bits per heavy atom. The predicted molar refractivity (Wildman–Crippen MR) is 107 cm³/mol. The molecule has 0 aliphatic carbocycles. The van der Waals surface area contributed by atoms with E-state index in [1.165, 1.54) is 12.1 Å². The molecule has 26 heavy (non-hydrogen) atoms. The molecule has 0 saturated carbocycles. The van der Waals surface area contributed by atoms with Crippen LogP contribution in [0.1, 0.15) is 15.9 Å². The largest absolute Gasteiger partial charge is 0.489 e. The summed E-state index contributed by atoms with van der Waals surface area (Å²) in [6.45, 7) is 0.461. The summed E-state index contributed by atoms with van der Waals surface area (Å²) in [6.07, 6.45) is 0. The number of halogens is 3. The van der Waals surface area contributed by atoms with Gasteiger partial charge in [0.2, 0.25) is 0 Å². The second kappa shape index (κ2) is 8.45. The molecule has 0 atom stereocenters. The van der Waals surface area contributed by atoms with E-state index in [4.69, 9.17) is 39.5 Å². The molecule has 0 fully saturated rings. The molecule has 3 aromatic carbocycles. The molecule has 3 rings (SSSR count). The van der Waals surface area contributed by atoms with Gasteiger partial charge in [0.1, 0.15) is 12.4 Å². The molecular formula is C20H14Cl3NO2. The molecule has 6 heteroatoms. The van der Waals surface area contributed by atoms with Gasteiger partial charge in [0.25, 0.3) is 5.91 Å². The third kappa shape index (κ3) is 4.70. The van der Waals surface area contributed by atoms with Crippen LogP contribution in [0.4, 0.5) is 5.69 Å². The zero-order valence-electron chi connectivity index (χ0n) is 13.5. The Balaban J connectivity index is 1.66. The van der Waals surface area contributed by atoms with Crippen LogP contribution in [0.2, 0.25) is 15.1 Å². The second-order valence-electron chi connectivity index (χ2n) is 5.50. The van der Waals surface area contributed by atoms with E-state index in [1.54, 1.807) is 24.3 Å². The van der Waals surface area contributed by atoms with Gasteiger partial charge < -0.3 is 10.1 Å². The molecule has 0 aromatic heterocycles. The zero-order valence-corrected chi connectivity index (χ0v) is 15.8. The van der Waals surface area contributed by atoms with Crippen molar-refractivity contribution in [3.05, 3.63) is 92.9 Å². The summed E-state index contributed by atoms with van der Waals surface area (Å²) in [5, 5.41) is 3.65. The topological polar surface area (TPSA) is 38.3 Å². The number of hydrogen-bond acceptors (Lipinski definition) is 2. The number of amides is 1. The van der Waals surface area contributed by atoms with Gasteiger partial charge in [-0.2, -0.15) is 0 Å². The molecule has 132 valence electrons. The van der Waals surface area contributed by atoms with E-state index in [-0.39, 0.29) is 16.0 Å². The lowest BCUT2D eigenvalue weighted by molar-refractivity contribution is 0.102. The number of anilines is 1. The number of carbonyl (C=O) groups excluding carboxylic acids is 1. The van der Waals surface area contributed by atoms with Crippen molar-refractivity contribution in [2.75, 3.05) is 5.32 Å². The van der Waals surface area contributed by atoms with Crippen LogP contribution in [0.25, 0.3) is 0 Å². The molecule has 3 aromatic rings. The highest BCUT2D eigenvalue weighted by atomic mass is 35.5. The molecule has 1 amide bonds. The monoisotopic (exact) mass is 405 g/mol. The van der Waals surface area contributed by atoms with Crippen LogP contribution in [0, 0.1) is 0 Å². The van der Waals surface area contributed by atoms with Gasteiger partial charge in [0.05, 0.1) is 15.7 Å². The van der Waals surface area contributed by atoms with E-state index in [0.717, 1.165) is 5.56 Å². The molecule has 0 saturated heterocycles. The molecular weight excluding hydrogens is 393 g/mol. The van der Waals surface area contributed by atoms with E-state index < -0.39 is 0 Å². The molecule has 0 aliphatic rings. The van der Waals surface area contributed by atoms with Crippen molar-refractivity contribution in [1.29, 1.82) is 0 Å². The van der Waals surface area contributed by atoms with Crippen molar-refractivity contribution in [2.24, 2.45) is 0 Å². The first-order valence-corrected chi connectivity index (χ1v) is 8.89. The van der Waals surface area contributed by atoms with E-state index in [1.807, 2.05) is 30.3 Å². The lowest BCUT2D eigenvalue weighted by Crippen LogP contribution is -2.12. The summed E-state index contributed by atoms with van der Waals surface area (Å²) in [5.74, 6) is 0.346. The summed E-state index contributed by atoms with van der Waals surface area (Å²) in [7, 11) is 0. The SMILES string of the molecule is O=C(Nc1c(Cl)cc(Cl)cc1Cl)c1ccc(OCc2ccccc2)cc1. The quantitative estimate of drug-likeness (QED) is 0.526. The maximum absolute atomic E-state index is 12.4. The summed E-state index contributed by atoms with van der Waals surface area (Å²) < 4.78 is 5.71. The number of carbonyl (C=O) groups is 1. The maximum atomic E-state index is 12.4. The Hall–Kier alpha value is -2.20. The minimum atomic E-state index is -0.328. The lowest BCUT2D eigenvalue weighted by atomic mass is 10.2. The van der Waals surface area contributed by atoms with Gasteiger partial charge in [-0.1, -0.05) is 65.1 Å². The molecule has 0 heterocycles. The fraction of sp³-hybridized carbons (Fsp3) is 0.0500. The van der Waals surface area contributed by atoms with Crippen molar-refractivity contribution >= 4 is 46.4 Å². The van der Waals surface area contributed by atoms with Crippen molar-refractivity contribution < 1.29 is 9.53 Å². The number of hydrogen-bond donors (Lipinski definition) is 1. The van der Waals surface area contributed by atoms with Crippen LogP contribution in [0.15, 0.2) is 66.7 Å². The predicted octanol–water partition coefficient (Wildman–Crippen LogP) is 6.48. The Labute approximate surface area is 166 Å². The number of benzene rings is 3. The van der Waals surface area contributed by atoms with E-state index in [9.17, 15) is 4.79 Å². The van der Waals surface area contributed by atoms with Gasteiger partial charge in [0, 0.05) is 10.6 Å². The first kappa shape index (κ1) is 18.6. The summed E-state index contributed by atoms with van der Waals surface area (Å²) in [6, 6.07) is 19.7. The Kier molecular flexibility index (Phi) is 6.04. The number of nitrogens with one attached hydrogen (secondary N) is 1. The number of ether oxygens (including phenoxy) is 1. The van der Waals surface area contributed by atoms with Gasteiger partial charge in [-0.05, 0) is 42.0 Å². The minimum Gasteiger partial charge on any atom is -0.489 e. The highest BCUT2D eigenvalue weighted by Gasteiger charge is 2.13. The minimum absolute atomic E-state index is 0.277. The molecule has 0 aliphatic heterocycles. The van der Waals surface area contributed by atoms with Gasteiger partial charge in [0.15, 0.2) is 0 Å². The Morgan fingerprint density at radius 2 is 1.50 bits per heavy atom. The van der Waals surface area contributed by atoms with Crippen LogP contribution in [0.5, 0.6) is 5.75 Å². The molecule has 3 nitrogen and oxygen atoms in total. The first-order chi connectivity index (χ1) is 12.5. The average molecular weight is 407 g/mol.